The minimum absolute atomic E-state index is 0.135. The summed E-state index contributed by atoms with van der Waals surface area (Å²) in [5, 5.41) is 0.525. The molecule has 4 rings (SSSR count). The lowest BCUT2D eigenvalue weighted by atomic mass is 10.2. The van der Waals surface area contributed by atoms with Crippen LogP contribution < -0.4 is 4.74 Å². The number of benzene rings is 2. The fourth-order valence-electron chi connectivity index (χ4n) is 3.44. The van der Waals surface area contributed by atoms with Crippen LogP contribution in [0, 0.1) is 5.82 Å². The summed E-state index contributed by atoms with van der Waals surface area (Å²) >= 11 is 6.08. The predicted molar refractivity (Wildman–Crippen MR) is 112 cm³/mol. The average Bonchev–Trinajstić information content (AvgIpc) is 3.22. The van der Waals surface area contributed by atoms with E-state index in [2.05, 4.69) is 4.90 Å². The van der Waals surface area contributed by atoms with Gasteiger partial charge in [-0.25, -0.2) is 4.39 Å². The molecule has 0 N–H and O–H groups in total. The maximum Gasteiger partial charge on any atom is 0.289 e. The SMILES string of the molecule is O=C(c1ccc(COc2ccccc2Cl)o1)N1CCN(Cc2cccc(F)c2)CC1. The van der Waals surface area contributed by atoms with Gasteiger partial charge in [-0.15, -0.1) is 0 Å². The Bertz CT molecular complexity index is 1010. The fraction of sp³-hybridized carbons (Fsp3) is 0.261. The molecular formula is C23H22ClFN2O3. The Hall–Kier alpha value is -2.83. The zero-order valence-electron chi connectivity index (χ0n) is 16.4. The van der Waals surface area contributed by atoms with Gasteiger partial charge in [-0.1, -0.05) is 35.9 Å². The van der Waals surface area contributed by atoms with E-state index < -0.39 is 0 Å². The molecule has 1 saturated heterocycles. The molecule has 156 valence electrons. The summed E-state index contributed by atoms with van der Waals surface area (Å²) in [5.74, 6) is 1.06. The van der Waals surface area contributed by atoms with Crippen molar-refractivity contribution >= 4 is 17.5 Å². The van der Waals surface area contributed by atoms with Gasteiger partial charge in [0.2, 0.25) is 0 Å². The molecule has 0 radical (unpaired) electrons. The molecule has 1 amide bonds. The van der Waals surface area contributed by atoms with E-state index in [1.54, 1.807) is 41.3 Å². The first kappa shape index (κ1) is 20.4. The van der Waals surface area contributed by atoms with E-state index in [9.17, 15) is 9.18 Å². The summed E-state index contributed by atoms with van der Waals surface area (Å²) in [5.41, 5.74) is 0.934. The third-order valence-electron chi connectivity index (χ3n) is 5.03. The highest BCUT2D eigenvalue weighted by Crippen LogP contribution is 2.24. The number of carbonyl (C=O) groups is 1. The number of para-hydroxylation sites is 1. The minimum atomic E-state index is -0.228. The van der Waals surface area contributed by atoms with Crippen molar-refractivity contribution in [2.45, 2.75) is 13.2 Å². The second-order valence-electron chi connectivity index (χ2n) is 7.18. The third-order valence-corrected chi connectivity index (χ3v) is 5.35. The maximum atomic E-state index is 13.4. The molecule has 0 atom stereocenters. The normalized spacial score (nSPS) is 14.7. The molecule has 7 heteroatoms. The van der Waals surface area contributed by atoms with Crippen molar-refractivity contribution in [3.05, 3.63) is 88.6 Å². The van der Waals surface area contributed by atoms with Crippen LogP contribution in [-0.2, 0) is 13.2 Å². The summed E-state index contributed by atoms with van der Waals surface area (Å²) in [7, 11) is 0. The minimum Gasteiger partial charge on any atom is -0.484 e. The van der Waals surface area contributed by atoms with Gasteiger partial charge < -0.3 is 14.1 Å². The van der Waals surface area contributed by atoms with Gasteiger partial charge in [0.05, 0.1) is 5.02 Å². The van der Waals surface area contributed by atoms with Crippen LogP contribution in [0.15, 0.2) is 65.1 Å². The Kier molecular flexibility index (Phi) is 6.35. The van der Waals surface area contributed by atoms with E-state index >= 15 is 0 Å². The third kappa shape index (κ3) is 5.01. The van der Waals surface area contributed by atoms with Crippen LogP contribution in [0.3, 0.4) is 0 Å². The highest BCUT2D eigenvalue weighted by atomic mass is 35.5. The number of amides is 1. The fourth-order valence-corrected chi connectivity index (χ4v) is 3.63. The Balaban J connectivity index is 1.29. The summed E-state index contributed by atoms with van der Waals surface area (Å²) in [6.45, 7) is 3.51. The van der Waals surface area contributed by atoms with Gasteiger partial charge in [0, 0.05) is 32.7 Å². The molecule has 0 bridgehead atoms. The number of rotatable bonds is 6. The van der Waals surface area contributed by atoms with Gasteiger partial charge in [0.15, 0.2) is 5.76 Å². The van der Waals surface area contributed by atoms with Crippen LogP contribution in [0.4, 0.5) is 4.39 Å². The van der Waals surface area contributed by atoms with Crippen molar-refractivity contribution in [3.8, 4) is 5.75 Å². The number of carbonyl (C=O) groups excluding carboxylic acids is 1. The molecular weight excluding hydrogens is 407 g/mol. The largest absolute Gasteiger partial charge is 0.484 e. The Labute approximate surface area is 179 Å². The maximum absolute atomic E-state index is 13.4. The van der Waals surface area contributed by atoms with Crippen LogP contribution in [-0.4, -0.2) is 41.9 Å². The lowest BCUT2D eigenvalue weighted by Crippen LogP contribution is -2.48. The van der Waals surface area contributed by atoms with Crippen LogP contribution >= 0.6 is 11.6 Å². The molecule has 2 heterocycles. The molecule has 0 aliphatic carbocycles. The molecule has 0 saturated carbocycles. The van der Waals surface area contributed by atoms with Crippen molar-refractivity contribution in [2.24, 2.45) is 0 Å². The van der Waals surface area contributed by atoms with Crippen molar-refractivity contribution in [3.63, 3.8) is 0 Å². The van der Waals surface area contributed by atoms with Crippen molar-refractivity contribution < 1.29 is 18.3 Å². The van der Waals surface area contributed by atoms with Gasteiger partial charge in [-0.05, 0) is 42.0 Å². The highest BCUT2D eigenvalue weighted by Gasteiger charge is 2.24. The lowest BCUT2D eigenvalue weighted by molar-refractivity contribution is 0.0594. The van der Waals surface area contributed by atoms with Crippen LogP contribution in [0.2, 0.25) is 5.02 Å². The van der Waals surface area contributed by atoms with Crippen molar-refractivity contribution in [1.29, 1.82) is 0 Å². The second-order valence-corrected chi connectivity index (χ2v) is 7.59. The van der Waals surface area contributed by atoms with E-state index in [1.807, 2.05) is 18.2 Å². The average molecular weight is 429 g/mol. The van der Waals surface area contributed by atoms with Gasteiger partial charge in [-0.3, -0.25) is 9.69 Å². The van der Waals surface area contributed by atoms with Crippen molar-refractivity contribution in [2.75, 3.05) is 26.2 Å². The number of hydrogen-bond acceptors (Lipinski definition) is 4. The van der Waals surface area contributed by atoms with E-state index in [0.717, 1.165) is 18.7 Å². The molecule has 3 aromatic rings. The number of halogens is 2. The Morgan fingerprint density at radius 3 is 2.60 bits per heavy atom. The number of piperazine rings is 1. The number of ether oxygens (including phenoxy) is 1. The van der Waals surface area contributed by atoms with Gasteiger partial charge >= 0.3 is 0 Å². The van der Waals surface area contributed by atoms with Crippen LogP contribution in [0.5, 0.6) is 5.75 Å². The first-order chi connectivity index (χ1) is 14.6. The molecule has 2 aromatic carbocycles. The Morgan fingerprint density at radius 2 is 1.83 bits per heavy atom. The smallest absolute Gasteiger partial charge is 0.289 e. The summed E-state index contributed by atoms with van der Waals surface area (Å²) in [4.78, 5) is 16.7. The lowest BCUT2D eigenvalue weighted by Gasteiger charge is -2.34. The molecule has 0 spiro atoms. The number of furan rings is 1. The zero-order chi connectivity index (χ0) is 20.9. The molecule has 1 fully saturated rings. The number of hydrogen-bond donors (Lipinski definition) is 0. The van der Waals surface area contributed by atoms with E-state index in [0.29, 0.717) is 41.9 Å². The standard InChI is InChI=1S/C23H22ClFN2O3/c24-20-6-1-2-7-21(20)29-16-19-8-9-22(30-19)23(28)27-12-10-26(11-13-27)15-17-4-3-5-18(25)14-17/h1-9,14H,10-13,15-16H2. The molecule has 30 heavy (non-hydrogen) atoms. The molecule has 1 aliphatic heterocycles. The molecule has 5 nitrogen and oxygen atoms in total. The summed E-state index contributed by atoms with van der Waals surface area (Å²) in [6, 6.07) is 17.2. The van der Waals surface area contributed by atoms with E-state index in [4.69, 9.17) is 20.8 Å². The summed E-state index contributed by atoms with van der Waals surface area (Å²) < 4.78 is 24.7. The van der Waals surface area contributed by atoms with Gasteiger partial charge in [0.25, 0.3) is 5.91 Å². The number of nitrogens with zero attached hydrogens (tertiary/aromatic N) is 2. The summed E-state index contributed by atoms with van der Waals surface area (Å²) in [6.07, 6.45) is 0. The van der Waals surface area contributed by atoms with Crippen molar-refractivity contribution in [1.82, 2.24) is 9.80 Å². The second kappa shape index (κ2) is 9.32. The zero-order valence-corrected chi connectivity index (χ0v) is 17.1. The van der Waals surface area contributed by atoms with E-state index in [-0.39, 0.29) is 18.3 Å². The van der Waals surface area contributed by atoms with E-state index in [1.165, 1.54) is 6.07 Å². The Morgan fingerprint density at radius 1 is 1.03 bits per heavy atom. The molecule has 1 aliphatic rings. The topological polar surface area (TPSA) is 45.9 Å². The van der Waals surface area contributed by atoms with Gasteiger partial charge in [0.1, 0.15) is 23.9 Å². The quantitative estimate of drug-likeness (QED) is 0.575. The first-order valence-electron chi connectivity index (χ1n) is 9.80. The van der Waals surface area contributed by atoms with Crippen LogP contribution in [0.1, 0.15) is 21.9 Å². The first-order valence-corrected chi connectivity index (χ1v) is 10.2. The molecule has 1 aromatic heterocycles. The van der Waals surface area contributed by atoms with Gasteiger partial charge in [-0.2, -0.15) is 0 Å². The monoisotopic (exact) mass is 428 g/mol. The predicted octanol–water partition coefficient (Wildman–Crippen LogP) is 4.61. The highest BCUT2D eigenvalue weighted by molar-refractivity contribution is 6.32. The molecule has 0 unspecified atom stereocenters. The van der Waals surface area contributed by atoms with Crippen LogP contribution in [0.25, 0.3) is 0 Å².